The van der Waals surface area contributed by atoms with E-state index in [1.807, 2.05) is 0 Å². The fourth-order valence-corrected chi connectivity index (χ4v) is 1.76. The first-order valence-electron chi connectivity index (χ1n) is 5.08. The minimum Gasteiger partial charge on any atom is -0.437 e. The van der Waals surface area contributed by atoms with Gasteiger partial charge in [0, 0.05) is 11.8 Å². The number of aryl methyl sites for hydroxylation is 1. The maximum atomic E-state index is 10.8. The van der Waals surface area contributed by atoms with Crippen molar-refractivity contribution < 1.29 is 9.66 Å². The van der Waals surface area contributed by atoms with Crippen LogP contribution in [-0.2, 0) is 0 Å². The lowest BCUT2D eigenvalue weighted by Gasteiger charge is -2.07. The molecule has 19 heavy (non-hydrogen) atoms. The van der Waals surface area contributed by atoms with Crippen LogP contribution in [0.1, 0.15) is 5.56 Å². The van der Waals surface area contributed by atoms with Gasteiger partial charge in [0.15, 0.2) is 0 Å². The summed E-state index contributed by atoms with van der Waals surface area (Å²) in [5.41, 5.74) is 0.533. The molecule has 0 atom stereocenters. The Morgan fingerprint density at radius 3 is 2.89 bits per heavy atom. The molecule has 0 bridgehead atoms. The van der Waals surface area contributed by atoms with Gasteiger partial charge in [0.2, 0.25) is 11.2 Å². The van der Waals surface area contributed by atoms with Crippen molar-refractivity contribution in [2.75, 3.05) is 0 Å². The number of nitrogens with zero attached hydrogens (tertiary/aromatic N) is 3. The summed E-state index contributed by atoms with van der Waals surface area (Å²) in [6.45, 7) is 1.65. The molecule has 2 rings (SSSR count). The van der Waals surface area contributed by atoms with Crippen LogP contribution in [0.4, 0.5) is 5.69 Å². The number of halogens is 2. The zero-order valence-corrected chi connectivity index (χ0v) is 12.0. The van der Waals surface area contributed by atoms with Crippen LogP contribution in [0.15, 0.2) is 28.9 Å². The third-order valence-electron chi connectivity index (χ3n) is 2.27. The molecule has 1 heterocycles. The average molecular weight is 345 g/mol. The number of nitro groups is 1. The molecule has 0 fully saturated rings. The summed E-state index contributed by atoms with van der Waals surface area (Å²) in [5, 5.41) is 10.9. The molecule has 1 aromatic heterocycles. The lowest BCUT2D eigenvalue weighted by molar-refractivity contribution is -0.385. The van der Waals surface area contributed by atoms with Crippen molar-refractivity contribution in [3.8, 4) is 11.6 Å². The molecule has 0 radical (unpaired) electrons. The van der Waals surface area contributed by atoms with Gasteiger partial charge < -0.3 is 4.74 Å². The maximum Gasteiger partial charge on any atom is 0.276 e. The molecule has 0 saturated carbocycles. The number of hydrogen-bond acceptors (Lipinski definition) is 5. The summed E-state index contributed by atoms with van der Waals surface area (Å²) in [6, 6.07) is 4.55. The van der Waals surface area contributed by atoms with Crippen molar-refractivity contribution in [1.82, 2.24) is 9.97 Å². The molecule has 0 N–H and O–H groups in total. The number of aromatic nitrogens is 2. The lowest BCUT2D eigenvalue weighted by atomic mass is 10.2. The van der Waals surface area contributed by atoms with Gasteiger partial charge in [-0.2, -0.15) is 4.98 Å². The highest BCUT2D eigenvalue weighted by Crippen LogP contribution is 2.31. The molecule has 0 aliphatic rings. The van der Waals surface area contributed by atoms with E-state index >= 15 is 0 Å². The molecule has 0 amide bonds. The second-order valence-electron chi connectivity index (χ2n) is 3.60. The number of nitro benzene ring substituents is 1. The van der Waals surface area contributed by atoms with E-state index < -0.39 is 4.92 Å². The van der Waals surface area contributed by atoms with Gasteiger partial charge in [-0.25, -0.2) is 4.98 Å². The Bertz CT molecular complexity index is 651. The van der Waals surface area contributed by atoms with Gasteiger partial charge in [-0.3, -0.25) is 10.1 Å². The third kappa shape index (κ3) is 3.18. The Morgan fingerprint density at radius 2 is 2.21 bits per heavy atom. The summed E-state index contributed by atoms with van der Waals surface area (Å²) in [6.07, 6.45) is 1.44. The van der Waals surface area contributed by atoms with Crippen molar-refractivity contribution >= 4 is 33.2 Å². The van der Waals surface area contributed by atoms with Crippen LogP contribution in [0.3, 0.4) is 0 Å². The minimum atomic E-state index is -0.468. The standard InChI is InChI=1S/C11H7BrClN3O3/c1-6-2-3-7(4-9(6)16(17)18)19-10-8(12)5-14-11(13)15-10/h2-5H,1H3. The van der Waals surface area contributed by atoms with Gasteiger partial charge in [0.05, 0.1) is 15.5 Å². The van der Waals surface area contributed by atoms with Gasteiger partial charge in [0.25, 0.3) is 5.69 Å². The first-order chi connectivity index (χ1) is 8.97. The smallest absolute Gasteiger partial charge is 0.276 e. The first kappa shape index (κ1) is 13.7. The van der Waals surface area contributed by atoms with E-state index in [2.05, 4.69) is 25.9 Å². The summed E-state index contributed by atoms with van der Waals surface area (Å²) in [7, 11) is 0. The number of ether oxygens (including phenoxy) is 1. The summed E-state index contributed by atoms with van der Waals surface area (Å²) >= 11 is 8.87. The predicted octanol–water partition coefficient (Wildman–Crippen LogP) is 3.90. The Labute approximate surface area is 121 Å². The molecule has 0 spiro atoms. The molecular weight excluding hydrogens is 337 g/mol. The normalized spacial score (nSPS) is 10.3. The zero-order chi connectivity index (χ0) is 14.0. The van der Waals surface area contributed by atoms with Gasteiger partial charge in [-0.15, -0.1) is 0 Å². The van der Waals surface area contributed by atoms with E-state index in [1.54, 1.807) is 19.1 Å². The van der Waals surface area contributed by atoms with E-state index in [-0.39, 0.29) is 16.9 Å². The summed E-state index contributed by atoms with van der Waals surface area (Å²) in [5.74, 6) is 0.492. The van der Waals surface area contributed by atoms with Crippen molar-refractivity contribution in [3.63, 3.8) is 0 Å². The fraction of sp³-hybridized carbons (Fsp3) is 0.0909. The molecular formula is C11H7BrClN3O3. The Kier molecular flexibility index (Phi) is 3.96. The molecule has 98 valence electrons. The van der Waals surface area contributed by atoms with E-state index in [1.165, 1.54) is 12.3 Å². The van der Waals surface area contributed by atoms with Gasteiger partial charge >= 0.3 is 0 Å². The number of rotatable bonds is 3. The maximum absolute atomic E-state index is 10.8. The second kappa shape index (κ2) is 5.50. The summed E-state index contributed by atoms with van der Waals surface area (Å²) < 4.78 is 5.95. The van der Waals surface area contributed by atoms with Crippen molar-refractivity contribution in [3.05, 3.63) is 49.8 Å². The van der Waals surface area contributed by atoms with E-state index in [9.17, 15) is 10.1 Å². The molecule has 6 nitrogen and oxygen atoms in total. The molecule has 8 heteroatoms. The molecule has 0 aliphatic heterocycles. The third-order valence-corrected chi connectivity index (χ3v) is 3.00. The Morgan fingerprint density at radius 1 is 1.47 bits per heavy atom. The van der Waals surface area contributed by atoms with Crippen molar-refractivity contribution in [2.24, 2.45) is 0 Å². The predicted molar refractivity (Wildman–Crippen MR) is 72.6 cm³/mol. The average Bonchev–Trinajstić information content (AvgIpc) is 2.36. The number of hydrogen-bond donors (Lipinski definition) is 0. The monoisotopic (exact) mass is 343 g/mol. The van der Waals surface area contributed by atoms with E-state index in [0.717, 1.165) is 0 Å². The zero-order valence-electron chi connectivity index (χ0n) is 9.63. The largest absolute Gasteiger partial charge is 0.437 e. The van der Waals surface area contributed by atoms with Crippen LogP contribution in [0, 0.1) is 17.0 Å². The Balaban J connectivity index is 2.36. The molecule has 0 unspecified atom stereocenters. The van der Waals surface area contributed by atoms with Crippen LogP contribution in [-0.4, -0.2) is 14.9 Å². The van der Waals surface area contributed by atoms with E-state index in [0.29, 0.717) is 15.8 Å². The Hall–Kier alpha value is -1.73. The van der Waals surface area contributed by atoms with Gasteiger partial charge in [-0.1, -0.05) is 0 Å². The highest BCUT2D eigenvalue weighted by atomic mass is 79.9. The SMILES string of the molecule is Cc1ccc(Oc2nc(Cl)ncc2Br)cc1[N+](=O)[O-]. The van der Waals surface area contributed by atoms with Crippen LogP contribution in [0.25, 0.3) is 0 Å². The van der Waals surface area contributed by atoms with E-state index in [4.69, 9.17) is 16.3 Å². The second-order valence-corrected chi connectivity index (χ2v) is 4.79. The lowest BCUT2D eigenvalue weighted by Crippen LogP contribution is -1.95. The number of benzene rings is 1. The molecule has 1 aromatic carbocycles. The molecule has 0 saturated heterocycles. The summed E-state index contributed by atoms with van der Waals surface area (Å²) in [4.78, 5) is 18.0. The molecule has 2 aromatic rings. The van der Waals surface area contributed by atoms with Crippen molar-refractivity contribution in [2.45, 2.75) is 6.92 Å². The highest BCUT2D eigenvalue weighted by Gasteiger charge is 2.13. The molecule has 0 aliphatic carbocycles. The highest BCUT2D eigenvalue weighted by molar-refractivity contribution is 9.10. The minimum absolute atomic E-state index is 0.0197. The quantitative estimate of drug-likeness (QED) is 0.479. The van der Waals surface area contributed by atoms with Crippen LogP contribution in [0.2, 0.25) is 5.28 Å². The van der Waals surface area contributed by atoms with Gasteiger partial charge in [0.1, 0.15) is 5.75 Å². The fourth-order valence-electron chi connectivity index (χ4n) is 1.36. The van der Waals surface area contributed by atoms with Crippen LogP contribution < -0.4 is 4.74 Å². The topological polar surface area (TPSA) is 78.2 Å². The van der Waals surface area contributed by atoms with Gasteiger partial charge in [-0.05, 0) is 46.6 Å². The van der Waals surface area contributed by atoms with Crippen LogP contribution >= 0.6 is 27.5 Å². The van der Waals surface area contributed by atoms with Crippen LogP contribution in [0.5, 0.6) is 11.6 Å². The van der Waals surface area contributed by atoms with Crippen molar-refractivity contribution in [1.29, 1.82) is 0 Å². The first-order valence-corrected chi connectivity index (χ1v) is 6.25.